The number of rotatable bonds is 6. The summed E-state index contributed by atoms with van der Waals surface area (Å²) in [7, 11) is 3.88. The molecule has 0 unspecified atom stereocenters. The molecule has 1 aromatic carbocycles. The van der Waals surface area contributed by atoms with E-state index in [4.69, 9.17) is 4.74 Å². The number of nitrogens with one attached hydrogen (secondary N) is 1. The fourth-order valence-electron chi connectivity index (χ4n) is 3.75. The summed E-state index contributed by atoms with van der Waals surface area (Å²) in [5, 5.41) is 2.70. The molecular weight excluding hydrogens is 346 g/mol. The lowest BCUT2D eigenvalue weighted by Crippen LogP contribution is -2.35. The van der Waals surface area contributed by atoms with E-state index in [1.165, 1.54) is 0 Å². The number of nitrogens with zero attached hydrogens (tertiary/aromatic N) is 2. The summed E-state index contributed by atoms with van der Waals surface area (Å²) < 4.78 is 5.14. The molecule has 1 atom stereocenters. The fourth-order valence-corrected chi connectivity index (χ4v) is 3.75. The predicted octanol–water partition coefficient (Wildman–Crippen LogP) is 2.03. The number of anilines is 2. The predicted molar refractivity (Wildman–Crippen MR) is 102 cm³/mol. The Bertz CT molecular complexity index is 696. The third-order valence-corrected chi connectivity index (χ3v) is 5.27. The molecule has 27 heavy (non-hydrogen) atoms. The van der Waals surface area contributed by atoms with Crippen LogP contribution in [-0.4, -0.2) is 56.0 Å². The third-order valence-electron chi connectivity index (χ3n) is 5.27. The van der Waals surface area contributed by atoms with Gasteiger partial charge in [-0.05, 0) is 37.1 Å². The minimum atomic E-state index is -0.470. The van der Waals surface area contributed by atoms with Gasteiger partial charge in [0.1, 0.15) is 0 Å². The Labute approximate surface area is 159 Å². The second kappa shape index (κ2) is 8.41. The van der Waals surface area contributed by atoms with Gasteiger partial charge in [-0.15, -0.1) is 0 Å². The van der Waals surface area contributed by atoms with Crippen LogP contribution in [0, 0.1) is 5.92 Å². The SMILES string of the molecule is CN(C)c1ccc(NC(=O)COC(=O)[C@@H]2CC(=O)N(C3CCCC3)C2)cc1. The number of esters is 1. The molecule has 1 heterocycles. The molecular formula is C20H27N3O4. The van der Waals surface area contributed by atoms with Gasteiger partial charge in [-0.25, -0.2) is 0 Å². The van der Waals surface area contributed by atoms with Crippen LogP contribution in [0.3, 0.4) is 0 Å². The van der Waals surface area contributed by atoms with Gasteiger partial charge in [0.05, 0.1) is 5.92 Å². The molecule has 3 rings (SSSR count). The van der Waals surface area contributed by atoms with Gasteiger partial charge in [0.25, 0.3) is 5.91 Å². The van der Waals surface area contributed by atoms with Crippen molar-refractivity contribution >= 4 is 29.2 Å². The normalized spacial score (nSPS) is 20.0. The van der Waals surface area contributed by atoms with Crippen molar-refractivity contribution in [2.75, 3.05) is 37.5 Å². The highest BCUT2D eigenvalue weighted by molar-refractivity contribution is 5.93. The summed E-state index contributed by atoms with van der Waals surface area (Å²) in [5.41, 5.74) is 1.67. The highest BCUT2D eigenvalue weighted by atomic mass is 16.5. The van der Waals surface area contributed by atoms with Crippen LogP contribution in [0.5, 0.6) is 0 Å². The zero-order valence-corrected chi connectivity index (χ0v) is 15.9. The molecule has 0 spiro atoms. The topological polar surface area (TPSA) is 79.0 Å². The summed E-state index contributed by atoms with van der Waals surface area (Å²) >= 11 is 0. The van der Waals surface area contributed by atoms with E-state index in [1.54, 1.807) is 12.1 Å². The van der Waals surface area contributed by atoms with E-state index in [0.29, 0.717) is 12.2 Å². The lowest BCUT2D eigenvalue weighted by Gasteiger charge is -2.23. The molecule has 1 N–H and O–H groups in total. The molecule has 1 aliphatic carbocycles. The number of amides is 2. The second-order valence-electron chi connectivity index (χ2n) is 7.48. The van der Waals surface area contributed by atoms with Crippen LogP contribution in [0.15, 0.2) is 24.3 Å². The van der Waals surface area contributed by atoms with Crippen molar-refractivity contribution in [3.05, 3.63) is 24.3 Å². The monoisotopic (exact) mass is 373 g/mol. The average molecular weight is 373 g/mol. The summed E-state index contributed by atoms with van der Waals surface area (Å²) in [6.07, 6.45) is 4.49. The summed E-state index contributed by atoms with van der Waals surface area (Å²) in [5.74, 6) is -1.31. The zero-order valence-electron chi connectivity index (χ0n) is 15.9. The molecule has 2 aliphatic rings. The van der Waals surface area contributed by atoms with Crippen molar-refractivity contribution in [1.29, 1.82) is 0 Å². The van der Waals surface area contributed by atoms with Crippen molar-refractivity contribution in [3.63, 3.8) is 0 Å². The van der Waals surface area contributed by atoms with Gasteiger partial charge in [-0.3, -0.25) is 14.4 Å². The van der Waals surface area contributed by atoms with Crippen LogP contribution in [0.25, 0.3) is 0 Å². The van der Waals surface area contributed by atoms with Crippen molar-refractivity contribution < 1.29 is 19.1 Å². The van der Waals surface area contributed by atoms with Crippen LogP contribution in [0.4, 0.5) is 11.4 Å². The van der Waals surface area contributed by atoms with E-state index in [1.807, 2.05) is 36.0 Å². The zero-order chi connectivity index (χ0) is 19.4. The second-order valence-corrected chi connectivity index (χ2v) is 7.48. The van der Waals surface area contributed by atoms with Crippen molar-refractivity contribution in [2.45, 2.75) is 38.1 Å². The van der Waals surface area contributed by atoms with Crippen LogP contribution >= 0.6 is 0 Å². The van der Waals surface area contributed by atoms with Gasteiger partial charge in [-0.1, -0.05) is 12.8 Å². The number of ether oxygens (including phenoxy) is 1. The molecule has 1 aliphatic heterocycles. The van der Waals surface area contributed by atoms with Gasteiger partial charge in [0.2, 0.25) is 5.91 Å². The summed E-state index contributed by atoms with van der Waals surface area (Å²) in [6.45, 7) is 0.0678. The van der Waals surface area contributed by atoms with Gasteiger partial charge in [0, 0.05) is 44.5 Å². The molecule has 7 nitrogen and oxygen atoms in total. The van der Waals surface area contributed by atoms with Crippen molar-refractivity contribution in [3.8, 4) is 0 Å². The van der Waals surface area contributed by atoms with Crippen molar-refractivity contribution in [1.82, 2.24) is 4.90 Å². The quantitative estimate of drug-likeness (QED) is 0.772. The molecule has 146 valence electrons. The van der Waals surface area contributed by atoms with E-state index in [9.17, 15) is 14.4 Å². The number of likely N-dealkylation sites (tertiary alicyclic amines) is 1. The Morgan fingerprint density at radius 1 is 1.19 bits per heavy atom. The lowest BCUT2D eigenvalue weighted by atomic mass is 10.1. The first kappa shape index (κ1) is 19.2. The Hall–Kier alpha value is -2.57. The van der Waals surface area contributed by atoms with Crippen LogP contribution in [0.1, 0.15) is 32.1 Å². The van der Waals surface area contributed by atoms with Crippen LogP contribution in [0.2, 0.25) is 0 Å². The van der Waals surface area contributed by atoms with E-state index < -0.39 is 17.8 Å². The smallest absolute Gasteiger partial charge is 0.311 e. The first-order valence-electron chi connectivity index (χ1n) is 9.47. The Morgan fingerprint density at radius 2 is 1.85 bits per heavy atom. The third kappa shape index (κ3) is 4.78. The molecule has 7 heteroatoms. The highest BCUT2D eigenvalue weighted by Crippen LogP contribution is 2.29. The molecule has 1 saturated carbocycles. The molecule has 2 fully saturated rings. The largest absolute Gasteiger partial charge is 0.455 e. The van der Waals surface area contributed by atoms with E-state index in [2.05, 4.69) is 5.32 Å². The number of carbonyl (C=O) groups is 3. The lowest BCUT2D eigenvalue weighted by molar-refractivity contribution is -0.151. The standard InChI is InChI=1S/C20H27N3O4/c1-22(2)16-9-7-15(8-10-16)21-18(24)13-27-20(26)14-11-19(25)23(12-14)17-5-3-4-6-17/h7-10,14,17H,3-6,11-13H2,1-2H3,(H,21,24)/t14-/m1/s1. The molecule has 0 bridgehead atoms. The highest BCUT2D eigenvalue weighted by Gasteiger charge is 2.39. The number of hydrogen-bond donors (Lipinski definition) is 1. The molecule has 0 aromatic heterocycles. The maximum Gasteiger partial charge on any atom is 0.311 e. The maximum atomic E-state index is 12.2. The maximum absolute atomic E-state index is 12.2. The summed E-state index contributed by atoms with van der Waals surface area (Å²) in [6, 6.07) is 7.64. The molecule has 1 aromatic rings. The van der Waals surface area contributed by atoms with Gasteiger partial charge >= 0.3 is 5.97 Å². The van der Waals surface area contributed by atoms with Crippen LogP contribution < -0.4 is 10.2 Å². The first-order chi connectivity index (χ1) is 12.9. The Morgan fingerprint density at radius 3 is 2.48 bits per heavy atom. The first-order valence-corrected chi connectivity index (χ1v) is 9.47. The number of carbonyl (C=O) groups excluding carboxylic acids is 3. The number of benzene rings is 1. The van der Waals surface area contributed by atoms with E-state index in [-0.39, 0.29) is 25.0 Å². The Kier molecular flexibility index (Phi) is 5.98. The van der Waals surface area contributed by atoms with Gasteiger partial charge in [-0.2, -0.15) is 0 Å². The minimum Gasteiger partial charge on any atom is -0.455 e. The van der Waals surface area contributed by atoms with Crippen molar-refractivity contribution in [2.24, 2.45) is 5.92 Å². The molecule has 0 radical (unpaired) electrons. The van der Waals surface area contributed by atoms with E-state index in [0.717, 1.165) is 31.4 Å². The Balaban J connectivity index is 1.44. The van der Waals surface area contributed by atoms with Gasteiger partial charge in [0.15, 0.2) is 6.61 Å². The summed E-state index contributed by atoms with van der Waals surface area (Å²) in [4.78, 5) is 40.2. The van der Waals surface area contributed by atoms with E-state index >= 15 is 0 Å². The molecule has 1 saturated heterocycles. The average Bonchev–Trinajstić information content (AvgIpc) is 3.29. The molecule has 2 amide bonds. The van der Waals surface area contributed by atoms with Crippen LogP contribution in [-0.2, 0) is 19.1 Å². The minimum absolute atomic E-state index is 0.0225. The fraction of sp³-hybridized carbons (Fsp3) is 0.550. The van der Waals surface area contributed by atoms with Gasteiger partial charge < -0.3 is 19.9 Å². The number of hydrogen-bond acceptors (Lipinski definition) is 5.